The van der Waals surface area contributed by atoms with E-state index >= 15 is 0 Å². The maximum Gasteiger partial charge on any atom is 0.198 e. The quantitative estimate of drug-likeness (QED) is 0.790. The number of ketones is 1. The van der Waals surface area contributed by atoms with Crippen LogP contribution in [0.15, 0.2) is 18.2 Å². The lowest BCUT2D eigenvalue weighted by molar-refractivity contribution is 0.103. The van der Waals surface area contributed by atoms with E-state index in [9.17, 15) is 4.79 Å². The van der Waals surface area contributed by atoms with Gasteiger partial charge in [-0.15, -0.1) is 0 Å². The van der Waals surface area contributed by atoms with Crippen LogP contribution in [0.4, 0.5) is 0 Å². The van der Waals surface area contributed by atoms with Crippen molar-refractivity contribution in [2.24, 2.45) is 7.05 Å². The Morgan fingerprint density at radius 2 is 1.94 bits per heavy atom. The van der Waals surface area contributed by atoms with Gasteiger partial charge in [-0.3, -0.25) is 9.48 Å². The van der Waals surface area contributed by atoms with Gasteiger partial charge in [-0.2, -0.15) is 5.10 Å². The van der Waals surface area contributed by atoms with Crippen molar-refractivity contribution in [3.8, 4) is 0 Å². The minimum absolute atomic E-state index is 0.148. The third kappa shape index (κ3) is 2.16. The third-order valence-electron chi connectivity index (χ3n) is 2.91. The molecule has 0 aliphatic heterocycles. The standard InChI is InChI=1S/C13H12Cl2N2O/c1-7-12(8(2)17(3)16-7)13(18)10-6-9(14)4-5-11(10)15/h4-6H,1-3H3. The van der Waals surface area contributed by atoms with E-state index in [1.54, 1.807) is 36.9 Å². The number of carbonyl (C=O) groups excluding carboxylic acids is 1. The Morgan fingerprint density at radius 3 is 2.50 bits per heavy atom. The number of aromatic nitrogens is 2. The summed E-state index contributed by atoms with van der Waals surface area (Å²) >= 11 is 11.9. The molecule has 0 amide bonds. The van der Waals surface area contributed by atoms with Crippen molar-refractivity contribution in [2.45, 2.75) is 13.8 Å². The summed E-state index contributed by atoms with van der Waals surface area (Å²) in [6.45, 7) is 3.66. The molecule has 94 valence electrons. The minimum atomic E-state index is -0.148. The van der Waals surface area contributed by atoms with Gasteiger partial charge in [0.2, 0.25) is 0 Å². The second-order valence-electron chi connectivity index (χ2n) is 4.12. The average Bonchev–Trinajstić information content (AvgIpc) is 2.56. The zero-order chi connectivity index (χ0) is 13.4. The van der Waals surface area contributed by atoms with E-state index < -0.39 is 0 Å². The molecule has 0 aliphatic carbocycles. The van der Waals surface area contributed by atoms with Crippen molar-refractivity contribution in [1.29, 1.82) is 0 Å². The van der Waals surface area contributed by atoms with Crippen LogP contribution >= 0.6 is 23.2 Å². The molecule has 2 aromatic rings. The molecule has 1 heterocycles. The van der Waals surface area contributed by atoms with Gasteiger partial charge in [0.25, 0.3) is 0 Å². The first-order valence-corrected chi connectivity index (χ1v) is 6.17. The maximum atomic E-state index is 12.5. The smallest absolute Gasteiger partial charge is 0.198 e. The lowest BCUT2D eigenvalue weighted by atomic mass is 10.0. The van der Waals surface area contributed by atoms with Gasteiger partial charge < -0.3 is 0 Å². The zero-order valence-electron chi connectivity index (χ0n) is 10.3. The van der Waals surface area contributed by atoms with Crippen LogP contribution in [0.2, 0.25) is 10.0 Å². The van der Waals surface area contributed by atoms with Crippen LogP contribution < -0.4 is 0 Å². The summed E-state index contributed by atoms with van der Waals surface area (Å²) in [5.41, 5.74) is 2.50. The highest BCUT2D eigenvalue weighted by Crippen LogP contribution is 2.25. The molecule has 2 rings (SSSR count). The summed E-state index contributed by atoms with van der Waals surface area (Å²) in [5, 5.41) is 5.11. The molecule has 18 heavy (non-hydrogen) atoms. The predicted molar refractivity (Wildman–Crippen MR) is 72.6 cm³/mol. The van der Waals surface area contributed by atoms with E-state index in [1.165, 1.54) is 0 Å². The minimum Gasteiger partial charge on any atom is -0.288 e. The summed E-state index contributed by atoms with van der Waals surface area (Å²) in [6, 6.07) is 4.86. The van der Waals surface area contributed by atoms with Crippen molar-refractivity contribution < 1.29 is 4.79 Å². The van der Waals surface area contributed by atoms with Crippen LogP contribution in [0, 0.1) is 13.8 Å². The number of halogens is 2. The van der Waals surface area contributed by atoms with Crippen molar-refractivity contribution in [2.75, 3.05) is 0 Å². The molecule has 5 heteroatoms. The molecule has 0 unspecified atom stereocenters. The Kier molecular flexibility index (Phi) is 3.46. The molecule has 0 saturated heterocycles. The molecule has 0 aliphatic rings. The van der Waals surface area contributed by atoms with E-state index in [0.29, 0.717) is 26.9 Å². The van der Waals surface area contributed by atoms with E-state index in [2.05, 4.69) is 5.10 Å². The number of hydrogen-bond donors (Lipinski definition) is 0. The van der Waals surface area contributed by atoms with Crippen molar-refractivity contribution in [3.05, 3.63) is 50.8 Å². The molecule has 0 bridgehead atoms. The highest BCUT2D eigenvalue weighted by molar-refractivity contribution is 6.36. The average molecular weight is 283 g/mol. The molecule has 0 atom stereocenters. The maximum absolute atomic E-state index is 12.5. The molecule has 1 aromatic heterocycles. The number of rotatable bonds is 2. The van der Waals surface area contributed by atoms with Crippen LogP contribution in [0.25, 0.3) is 0 Å². The Labute approximate surface area is 115 Å². The highest BCUT2D eigenvalue weighted by Gasteiger charge is 2.21. The molecule has 0 saturated carbocycles. The van der Waals surface area contributed by atoms with E-state index in [0.717, 1.165) is 5.69 Å². The van der Waals surface area contributed by atoms with Crippen LogP contribution in [-0.4, -0.2) is 15.6 Å². The molecular formula is C13H12Cl2N2O. The second-order valence-corrected chi connectivity index (χ2v) is 4.97. The first-order chi connectivity index (χ1) is 8.41. The second kappa shape index (κ2) is 4.75. The molecule has 0 spiro atoms. The van der Waals surface area contributed by atoms with E-state index in [4.69, 9.17) is 23.2 Å². The van der Waals surface area contributed by atoms with Gasteiger partial charge in [0.15, 0.2) is 5.78 Å². The van der Waals surface area contributed by atoms with Crippen LogP contribution in [-0.2, 0) is 7.05 Å². The number of carbonyl (C=O) groups is 1. The van der Waals surface area contributed by atoms with Gasteiger partial charge >= 0.3 is 0 Å². The van der Waals surface area contributed by atoms with Crippen molar-refractivity contribution in [3.63, 3.8) is 0 Å². The molecule has 1 aromatic carbocycles. The van der Waals surface area contributed by atoms with Gasteiger partial charge in [-0.25, -0.2) is 0 Å². The fourth-order valence-corrected chi connectivity index (χ4v) is 2.28. The van der Waals surface area contributed by atoms with Crippen LogP contribution in [0.3, 0.4) is 0 Å². The lowest BCUT2D eigenvalue weighted by Crippen LogP contribution is -2.05. The summed E-state index contributed by atoms with van der Waals surface area (Å²) < 4.78 is 1.68. The normalized spacial score (nSPS) is 10.7. The Balaban J connectivity index is 2.58. The monoisotopic (exact) mass is 282 g/mol. The van der Waals surface area contributed by atoms with Gasteiger partial charge in [0.05, 0.1) is 16.3 Å². The summed E-state index contributed by atoms with van der Waals surface area (Å²) in [4.78, 5) is 12.5. The molecular weight excluding hydrogens is 271 g/mol. The predicted octanol–water partition coefficient (Wildman–Crippen LogP) is 3.57. The summed E-state index contributed by atoms with van der Waals surface area (Å²) in [6.07, 6.45) is 0. The number of nitrogens with zero attached hydrogens (tertiary/aromatic N) is 2. The Hall–Kier alpha value is -1.32. The number of benzene rings is 1. The molecule has 0 N–H and O–H groups in total. The van der Waals surface area contributed by atoms with Crippen LogP contribution in [0.5, 0.6) is 0 Å². The van der Waals surface area contributed by atoms with Gasteiger partial charge in [-0.05, 0) is 32.0 Å². The summed E-state index contributed by atoms with van der Waals surface area (Å²) in [5.74, 6) is -0.148. The topological polar surface area (TPSA) is 34.9 Å². The molecule has 3 nitrogen and oxygen atoms in total. The van der Waals surface area contributed by atoms with Gasteiger partial charge in [0, 0.05) is 23.3 Å². The van der Waals surface area contributed by atoms with Crippen molar-refractivity contribution >= 4 is 29.0 Å². The molecule has 0 fully saturated rings. The number of hydrogen-bond acceptors (Lipinski definition) is 2. The third-order valence-corrected chi connectivity index (χ3v) is 3.47. The first kappa shape index (κ1) is 13.1. The largest absolute Gasteiger partial charge is 0.288 e. The first-order valence-electron chi connectivity index (χ1n) is 5.41. The van der Waals surface area contributed by atoms with Gasteiger partial charge in [-0.1, -0.05) is 23.2 Å². The Bertz CT molecular complexity index is 632. The zero-order valence-corrected chi connectivity index (χ0v) is 11.8. The van der Waals surface area contributed by atoms with E-state index in [1.807, 2.05) is 6.92 Å². The van der Waals surface area contributed by atoms with Gasteiger partial charge in [0.1, 0.15) is 0 Å². The highest BCUT2D eigenvalue weighted by atomic mass is 35.5. The van der Waals surface area contributed by atoms with Crippen LogP contribution in [0.1, 0.15) is 27.3 Å². The summed E-state index contributed by atoms with van der Waals surface area (Å²) in [7, 11) is 1.80. The SMILES string of the molecule is Cc1nn(C)c(C)c1C(=O)c1cc(Cl)ccc1Cl. The number of aryl methyl sites for hydroxylation is 2. The lowest BCUT2D eigenvalue weighted by Gasteiger charge is -2.05. The molecule has 0 radical (unpaired) electrons. The fourth-order valence-electron chi connectivity index (χ4n) is 1.91. The fraction of sp³-hybridized carbons (Fsp3) is 0.231. The van der Waals surface area contributed by atoms with Crippen molar-refractivity contribution in [1.82, 2.24) is 9.78 Å². The van der Waals surface area contributed by atoms with E-state index in [-0.39, 0.29) is 5.78 Å². The Morgan fingerprint density at radius 1 is 1.28 bits per heavy atom.